The Bertz CT molecular complexity index is 594. The van der Waals surface area contributed by atoms with E-state index >= 15 is 0 Å². The Balaban J connectivity index is 2.30. The molecule has 2 aromatic rings. The molecule has 0 fully saturated rings. The molecule has 0 aliphatic heterocycles. The van der Waals surface area contributed by atoms with Crippen LogP contribution in [-0.2, 0) is 4.43 Å². The Labute approximate surface area is 122 Å². The summed E-state index contributed by atoms with van der Waals surface area (Å²) in [7, 11) is -2.07. The molecule has 5 heteroatoms. The molecular weight excluding hydrogens is 294 g/mol. The second-order valence-corrected chi connectivity index (χ2v) is 10.7. The molecule has 1 heterocycles. The van der Waals surface area contributed by atoms with Crippen molar-refractivity contribution in [2.45, 2.75) is 19.6 Å². The topological polar surface area (TPSA) is 9.23 Å². The van der Waals surface area contributed by atoms with Gasteiger partial charge in [-0.15, -0.1) is 11.3 Å². The normalized spacial score (nSPS) is 11.2. The third-order valence-electron chi connectivity index (χ3n) is 2.53. The van der Waals surface area contributed by atoms with Gasteiger partial charge in [0.1, 0.15) is 0 Å². The first-order chi connectivity index (χ1) is 9.37. The van der Waals surface area contributed by atoms with Crippen molar-refractivity contribution in [2.75, 3.05) is 0 Å². The van der Waals surface area contributed by atoms with Crippen molar-refractivity contribution in [1.82, 2.24) is 0 Å². The zero-order chi connectivity index (χ0) is 14.8. The summed E-state index contributed by atoms with van der Waals surface area (Å²) in [5.41, 5.74) is 1.45. The monoisotopic (exact) mass is 310 g/mol. The van der Waals surface area contributed by atoms with Gasteiger partial charge in [-0.1, -0.05) is 30.3 Å². The fourth-order valence-corrected chi connectivity index (χ4v) is 3.28. The van der Waals surface area contributed by atoms with Crippen LogP contribution in [0.5, 0.6) is 0 Å². The van der Waals surface area contributed by atoms with Crippen LogP contribution in [0.2, 0.25) is 19.6 Å². The van der Waals surface area contributed by atoms with Gasteiger partial charge in [-0.25, -0.2) is 0 Å². The number of hydrogen-bond acceptors (Lipinski definition) is 2. The minimum Gasteiger partial charge on any atom is -0.540 e. The minimum absolute atomic E-state index is 0.290. The zero-order valence-corrected chi connectivity index (χ0v) is 13.4. The SMILES string of the molecule is C[Si](C)(C)OC(=C(F)F)c1ccc(-c2cccs2)cc1. The smallest absolute Gasteiger partial charge is 0.311 e. The molecule has 0 atom stereocenters. The molecule has 1 nitrogen and oxygen atoms in total. The summed E-state index contributed by atoms with van der Waals surface area (Å²) in [5.74, 6) is -0.290. The maximum Gasteiger partial charge on any atom is 0.311 e. The van der Waals surface area contributed by atoms with Crippen LogP contribution in [0.25, 0.3) is 16.2 Å². The van der Waals surface area contributed by atoms with Crippen molar-refractivity contribution < 1.29 is 13.2 Å². The average Bonchev–Trinajstić information content (AvgIpc) is 2.89. The Morgan fingerprint density at radius 3 is 2.15 bits per heavy atom. The van der Waals surface area contributed by atoms with Crippen LogP contribution in [0.1, 0.15) is 5.56 Å². The number of hydrogen-bond donors (Lipinski definition) is 0. The van der Waals surface area contributed by atoms with Crippen LogP contribution in [0.15, 0.2) is 47.9 Å². The van der Waals surface area contributed by atoms with E-state index in [0.29, 0.717) is 5.56 Å². The lowest BCUT2D eigenvalue weighted by Crippen LogP contribution is -2.24. The predicted molar refractivity (Wildman–Crippen MR) is 83.3 cm³/mol. The van der Waals surface area contributed by atoms with Gasteiger partial charge in [0.15, 0.2) is 5.76 Å². The van der Waals surface area contributed by atoms with E-state index in [4.69, 9.17) is 4.43 Å². The Morgan fingerprint density at radius 1 is 1.05 bits per heavy atom. The van der Waals surface area contributed by atoms with Gasteiger partial charge in [0.25, 0.3) is 0 Å². The van der Waals surface area contributed by atoms with E-state index in [1.807, 2.05) is 49.3 Å². The van der Waals surface area contributed by atoms with Crippen molar-refractivity contribution in [3.05, 3.63) is 53.4 Å². The highest BCUT2D eigenvalue weighted by Crippen LogP contribution is 2.29. The second-order valence-electron chi connectivity index (χ2n) is 5.36. The number of benzene rings is 1. The molecule has 0 bridgehead atoms. The largest absolute Gasteiger partial charge is 0.540 e. The molecule has 0 unspecified atom stereocenters. The van der Waals surface area contributed by atoms with Gasteiger partial charge in [0.05, 0.1) is 0 Å². The highest BCUT2D eigenvalue weighted by Gasteiger charge is 2.22. The first-order valence-corrected chi connectivity index (χ1v) is 10.5. The third kappa shape index (κ3) is 3.77. The third-order valence-corrected chi connectivity index (χ3v) is 4.27. The predicted octanol–water partition coefficient (Wildman–Crippen LogP) is 5.83. The van der Waals surface area contributed by atoms with Crippen molar-refractivity contribution >= 4 is 25.4 Å². The number of halogens is 2. The highest BCUT2D eigenvalue weighted by molar-refractivity contribution is 7.13. The molecule has 1 aromatic heterocycles. The fraction of sp³-hybridized carbons (Fsp3) is 0.200. The molecule has 0 N–H and O–H groups in total. The molecular formula is C15H16F2OSSi. The van der Waals surface area contributed by atoms with E-state index in [0.717, 1.165) is 10.4 Å². The summed E-state index contributed by atoms with van der Waals surface area (Å²) in [5, 5.41) is 1.99. The lowest BCUT2D eigenvalue weighted by Gasteiger charge is -2.21. The van der Waals surface area contributed by atoms with Crippen LogP contribution in [-0.4, -0.2) is 8.32 Å². The summed E-state index contributed by atoms with van der Waals surface area (Å²) < 4.78 is 31.6. The number of thiophene rings is 1. The summed E-state index contributed by atoms with van der Waals surface area (Å²) in [6.45, 7) is 5.65. The van der Waals surface area contributed by atoms with Crippen molar-refractivity contribution in [1.29, 1.82) is 0 Å². The molecule has 106 valence electrons. The molecule has 2 rings (SSSR count). The zero-order valence-electron chi connectivity index (χ0n) is 11.6. The van der Waals surface area contributed by atoms with Gasteiger partial charge >= 0.3 is 6.08 Å². The van der Waals surface area contributed by atoms with Crippen molar-refractivity contribution in [3.63, 3.8) is 0 Å². The number of rotatable bonds is 4. The van der Waals surface area contributed by atoms with Gasteiger partial charge < -0.3 is 4.43 Å². The first kappa shape index (κ1) is 14.9. The van der Waals surface area contributed by atoms with Crippen molar-refractivity contribution in [3.8, 4) is 10.4 Å². The second kappa shape index (κ2) is 5.89. The fourth-order valence-electron chi connectivity index (χ4n) is 1.74. The summed E-state index contributed by atoms with van der Waals surface area (Å²) in [6, 6.07) is 11.0. The Kier molecular flexibility index (Phi) is 4.40. The van der Waals surface area contributed by atoms with E-state index in [9.17, 15) is 8.78 Å². The molecule has 0 amide bonds. The quantitative estimate of drug-likeness (QED) is 0.510. The Morgan fingerprint density at radius 2 is 1.70 bits per heavy atom. The highest BCUT2D eigenvalue weighted by atomic mass is 32.1. The van der Waals surface area contributed by atoms with E-state index in [1.54, 1.807) is 23.5 Å². The molecule has 0 aliphatic rings. The lowest BCUT2D eigenvalue weighted by molar-refractivity contribution is 0.384. The first-order valence-electron chi connectivity index (χ1n) is 6.25. The summed E-state index contributed by atoms with van der Waals surface area (Å²) in [4.78, 5) is 1.12. The van der Waals surface area contributed by atoms with E-state index in [2.05, 4.69) is 0 Å². The molecule has 0 saturated carbocycles. The van der Waals surface area contributed by atoms with E-state index in [-0.39, 0.29) is 5.76 Å². The van der Waals surface area contributed by atoms with Gasteiger partial charge in [0, 0.05) is 10.4 Å². The molecule has 1 aromatic carbocycles. The van der Waals surface area contributed by atoms with Crippen LogP contribution in [0, 0.1) is 0 Å². The lowest BCUT2D eigenvalue weighted by atomic mass is 10.1. The molecule has 0 saturated heterocycles. The van der Waals surface area contributed by atoms with Gasteiger partial charge in [-0.05, 0) is 36.7 Å². The minimum atomic E-state index is -2.07. The standard InChI is InChI=1S/C15H16F2OSSi/c1-20(2,3)18-14(15(16)17)12-8-6-11(7-9-12)13-5-4-10-19-13/h4-10H,1-3H3. The maximum atomic E-state index is 13.1. The van der Waals surface area contributed by atoms with Crippen LogP contribution in [0.4, 0.5) is 8.78 Å². The van der Waals surface area contributed by atoms with Gasteiger partial charge in [-0.3, -0.25) is 0 Å². The Hall–Kier alpha value is -1.46. The molecule has 0 spiro atoms. The van der Waals surface area contributed by atoms with E-state index in [1.165, 1.54) is 0 Å². The van der Waals surface area contributed by atoms with E-state index < -0.39 is 14.4 Å². The summed E-state index contributed by atoms with van der Waals surface area (Å²) >= 11 is 1.62. The van der Waals surface area contributed by atoms with Crippen LogP contribution < -0.4 is 0 Å². The van der Waals surface area contributed by atoms with Crippen LogP contribution in [0.3, 0.4) is 0 Å². The summed E-state index contributed by atoms with van der Waals surface area (Å²) in [6.07, 6.45) is -1.77. The average molecular weight is 310 g/mol. The van der Waals surface area contributed by atoms with Gasteiger partial charge in [0.2, 0.25) is 8.32 Å². The molecule has 20 heavy (non-hydrogen) atoms. The van der Waals surface area contributed by atoms with Gasteiger partial charge in [-0.2, -0.15) is 8.78 Å². The molecule has 0 radical (unpaired) electrons. The molecule has 0 aliphatic carbocycles. The van der Waals surface area contributed by atoms with Crippen molar-refractivity contribution in [2.24, 2.45) is 0 Å². The maximum absolute atomic E-state index is 13.1. The van der Waals surface area contributed by atoms with Crippen LogP contribution >= 0.6 is 11.3 Å².